The molecule has 0 amide bonds. The molecule has 1 aromatic carbocycles. The Kier molecular flexibility index (Phi) is 4.61. The Labute approximate surface area is 103 Å². The maximum Gasteiger partial charge on any atom is 0.339 e. The van der Waals surface area contributed by atoms with Crippen LogP contribution in [0.1, 0.15) is 28.4 Å². The second-order valence-corrected chi connectivity index (χ2v) is 4.04. The predicted molar refractivity (Wildman–Crippen MR) is 64.8 cm³/mol. The van der Waals surface area contributed by atoms with Gasteiger partial charge in [0.25, 0.3) is 0 Å². The Hall–Kier alpha value is -0.540. The van der Waals surface area contributed by atoms with Crippen LogP contribution in [0.15, 0.2) is 12.1 Å². The Morgan fingerprint density at radius 3 is 2.73 bits per heavy atom. The van der Waals surface area contributed by atoms with E-state index in [1.807, 2.05) is 13.0 Å². The summed E-state index contributed by atoms with van der Waals surface area (Å²) in [6, 6.07) is 3.61. The molecule has 82 valence electrons. The fraction of sp³-hybridized carbons (Fsp3) is 0.364. The standard InChI is InChI=1S/C11H12BrClO2/c1-3-15-11(14)10-8(6-12)7(2)4-5-9(10)13/h4-5H,3,6H2,1-2H3. The van der Waals surface area contributed by atoms with Crippen molar-refractivity contribution >= 4 is 33.5 Å². The predicted octanol–water partition coefficient (Wildman–Crippen LogP) is 3.72. The van der Waals surface area contributed by atoms with Crippen molar-refractivity contribution in [2.45, 2.75) is 19.2 Å². The number of hydrogen-bond donors (Lipinski definition) is 0. The molecule has 0 N–H and O–H groups in total. The molecule has 0 fully saturated rings. The third kappa shape index (κ3) is 2.73. The van der Waals surface area contributed by atoms with Crippen LogP contribution in [0, 0.1) is 6.92 Å². The third-order valence-electron chi connectivity index (χ3n) is 2.11. The number of rotatable bonds is 3. The molecule has 0 heterocycles. The van der Waals surface area contributed by atoms with Crippen molar-refractivity contribution in [3.05, 3.63) is 33.8 Å². The SMILES string of the molecule is CCOC(=O)c1c(Cl)ccc(C)c1CBr. The van der Waals surface area contributed by atoms with Crippen LogP contribution in [0.4, 0.5) is 0 Å². The van der Waals surface area contributed by atoms with Gasteiger partial charge in [0.05, 0.1) is 17.2 Å². The number of alkyl halides is 1. The molecule has 2 nitrogen and oxygen atoms in total. The van der Waals surface area contributed by atoms with Crippen LogP contribution in [0.2, 0.25) is 5.02 Å². The van der Waals surface area contributed by atoms with Gasteiger partial charge < -0.3 is 4.74 Å². The number of halogens is 2. The zero-order valence-electron chi connectivity index (χ0n) is 8.64. The monoisotopic (exact) mass is 290 g/mol. The molecule has 0 atom stereocenters. The lowest BCUT2D eigenvalue weighted by Crippen LogP contribution is -2.09. The quantitative estimate of drug-likeness (QED) is 0.627. The highest BCUT2D eigenvalue weighted by Gasteiger charge is 2.17. The summed E-state index contributed by atoms with van der Waals surface area (Å²) < 4.78 is 4.96. The molecule has 0 radical (unpaired) electrons. The van der Waals surface area contributed by atoms with E-state index in [2.05, 4.69) is 15.9 Å². The van der Waals surface area contributed by atoms with Gasteiger partial charge in [-0.3, -0.25) is 0 Å². The highest BCUT2D eigenvalue weighted by Crippen LogP contribution is 2.26. The Morgan fingerprint density at radius 1 is 1.53 bits per heavy atom. The lowest BCUT2D eigenvalue weighted by Gasteiger charge is -2.11. The van der Waals surface area contributed by atoms with Crippen LogP contribution >= 0.6 is 27.5 Å². The highest BCUT2D eigenvalue weighted by atomic mass is 79.9. The molecule has 0 saturated carbocycles. The number of benzene rings is 1. The van der Waals surface area contributed by atoms with Crippen molar-refractivity contribution in [3.63, 3.8) is 0 Å². The minimum absolute atomic E-state index is 0.352. The van der Waals surface area contributed by atoms with Crippen molar-refractivity contribution < 1.29 is 9.53 Å². The van der Waals surface area contributed by atoms with E-state index < -0.39 is 0 Å². The Morgan fingerprint density at radius 2 is 2.20 bits per heavy atom. The van der Waals surface area contributed by atoms with Crippen molar-refractivity contribution in [1.29, 1.82) is 0 Å². The summed E-state index contributed by atoms with van der Waals surface area (Å²) in [6.07, 6.45) is 0. The van der Waals surface area contributed by atoms with Gasteiger partial charge in [0.15, 0.2) is 0 Å². The van der Waals surface area contributed by atoms with Gasteiger partial charge in [-0.15, -0.1) is 0 Å². The van der Waals surface area contributed by atoms with Gasteiger partial charge in [-0.05, 0) is 31.0 Å². The van der Waals surface area contributed by atoms with E-state index in [0.717, 1.165) is 11.1 Å². The zero-order valence-corrected chi connectivity index (χ0v) is 11.0. The van der Waals surface area contributed by atoms with Gasteiger partial charge in [-0.1, -0.05) is 33.6 Å². The summed E-state index contributed by atoms with van der Waals surface area (Å²) in [5.41, 5.74) is 2.38. The molecule has 0 aliphatic carbocycles. The van der Waals surface area contributed by atoms with Crippen molar-refractivity contribution in [2.75, 3.05) is 6.61 Å². The maximum atomic E-state index is 11.7. The lowest BCUT2D eigenvalue weighted by molar-refractivity contribution is 0.0525. The van der Waals surface area contributed by atoms with E-state index in [4.69, 9.17) is 16.3 Å². The van der Waals surface area contributed by atoms with E-state index in [0.29, 0.717) is 22.5 Å². The van der Waals surface area contributed by atoms with Crippen LogP contribution in [0.5, 0.6) is 0 Å². The van der Waals surface area contributed by atoms with Gasteiger partial charge in [0.2, 0.25) is 0 Å². The largest absolute Gasteiger partial charge is 0.462 e. The number of ether oxygens (including phenoxy) is 1. The number of hydrogen-bond acceptors (Lipinski definition) is 2. The van der Waals surface area contributed by atoms with E-state index >= 15 is 0 Å². The fourth-order valence-corrected chi connectivity index (χ4v) is 2.30. The van der Waals surface area contributed by atoms with Crippen LogP contribution < -0.4 is 0 Å². The van der Waals surface area contributed by atoms with Gasteiger partial charge in [-0.2, -0.15) is 0 Å². The minimum atomic E-state index is -0.361. The summed E-state index contributed by atoms with van der Waals surface area (Å²) in [7, 11) is 0. The maximum absolute atomic E-state index is 11.7. The molecular formula is C11H12BrClO2. The molecule has 0 bridgehead atoms. The molecule has 4 heteroatoms. The summed E-state index contributed by atoms with van der Waals surface area (Å²) >= 11 is 9.34. The molecule has 1 aromatic rings. The summed E-state index contributed by atoms with van der Waals surface area (Å²) in [5, 5.41) is 1.03. The average molecular weight is 292 g/mol. The third-order valence-corrected chi connectivity index (χ3v) is 2.99. The number of esters is 1. The molecule has 0 aliphatic heterocycles. The van der Waals surface area contributed by atoms with Crippen LogP contribution in [0.25, 0.3) is 0 Å². The number of aryl methyl sites for hydroxylation is 1. The van der Waals surface area contributed by atoms with Crippen LogP contribution in [-0.4, -0.2) is 12.6 Å². The summed E-state index contributed by atoms with van der Waals surface area (Å²) in [6.45, 7) is 4.07. The Bertz CT molecular complexity index is 377. The van der Waals surface area contributed by atoms with Crippen molar-refractivity contribution in [3.8, 4) is 0 Å². The molecule has 15 heavy (non-hydrogen) atoms. The molecule has 0 aliphatic rings. The first kappa shape index (κ1) is 12.5. The van der Waals surface area contributed by atoms with Crippen LogP contribution in [0.3, 0.4) is 0 Å². The fourth-order valence-electron chi connectivity index (χ4n) is 1.32. The van der Waals surface area contributed by atoms with E-state index in [1.165, 1.54) is 0 Å². The molecule has 0 unspecified atom stereocenters. The number of carbonyl (C=O) groups excluding carboxylic acids is 1. The van der Waals surface area contributed by atoms with Gasteiger partial charge in [0.1, 0.15) is 0 Å². The van der Waals surface area contributed by atoms with Gasteiger partial charge in [-0.25, -0.2) is 4.79 Å². The number of carbonyl (C=O) groups is 1. The second-order valence-electron chi connectivity index (χ2n) is 3.07. The second kappa shape index (κ2) is 5.52. The van der Waals surface area contributed by atoms with E-state index in [-0.39, 0.29) is 5.97 Å². The van der Waals surface area contributed by atoms with Gasteiger partial charge >= 0.3 is 5.97 Å². The first-order valence-corrected chi connectivity index (χ1v) is 6.12. The average Bonchev–Trinajstić information content (AvgIpc) is 2.21. The van der Waals surface area contributed by atoms with Gasteiger partial charge in [0, 0.05) is 5.33 Å². The summed E-state index contributed by atoms with van der Waals surface area (Å²) in [4.78, 5) is 11.7. The smallest absolute Gasteiger partial charge is 0.339 e. The lowest BCUT2D eigenvalue weighted by atomic mass is 10.0. The molecule has 0 saturated heterocycles. The van der Waals surface area contributed by atoms with E-state index in [1.54, 1.807) is 13.0 Å². The Balaban J connectivity index is 3.24. The van der Waals surface area contributed by atoms with E-state index in [9.17, 15) is 4.79 Å². The van der Waals surface area contributed by atoms with Crippen molar-refractivity contribution in [2.24, 2.45) is 0 Å². The molecular weight excluding hydrogens is 279 g/mol. The zero-order chi connectivity index (χ0) is 11.4. The first-order valence-electron chi connectivity index (χ1n) is 4.62. The van der Waals surface area contributed by atoms with Crippen molar-refractivity contribution in [1.82, 2.24) is 0 Å². The first-order chi connectivity index (χ1) is 7.11. The minimum Gasteiger partial charge on any atom is -0.462 e. The molecule has 0 spiro atoms. The topological polar surface area (TPSA) is 26.3 Å². The summed E-state index contributed by atoms with van der Waals surface area (Å²) in [5.74, 6) is -0.361. The highest BCUT2D eigenvalue weighted by molar-refractivity contribution is 9.08. The molecule has 0 aromatic heterocycles. The van der Waals surface area contributed by atoms with Crippen LogP contribution in [-0.2, 0) is 10.1 Å². The normalized spacial score (nSPS) is 10.1. The molecule has 1 rings (SSSR count).